The number of allylic oxidation sites excluding steroid dienone is 2. The summed E-state index contributed by atoms with van der Waals surface area (Å²) < 4.78 is 5.26. The number of fused-ring (bicyclic) bond motifs is 2. The van der Waals surface area contributed by atoms with Crippen LogP contribution in [0.2, 0.25) is 0 Å². The van der Waals surface area contributed by atoms with Crippen LogP contribution in [-0.4, -0.2) is 29.8 Å². The van der Waals surface area contributed by atoms with Gasteiger partial charge in [-0.3, -0.25) is 9.89 Å². The Morgan fingerprint density at radius 1 is 1.38 bits per heavy atom. The van der Waals surface area contributed by atoms with Crippen molar-refractivity contribution in [3.05, 3.63) is 48.2 Å². The van der Waals surface area contributed by atoms with Crippen molar-refractivity contribution < 1.29 is 9.53 Å². The summed E-state index contributed by atoms with van der Waals surface area (Å²) >= 11 is 0. The van der Waals surface area contributed by atoms with E-state index in [0.29, 0.717) is 17.4 Å². The number of ether oxygens (including phenoxy) is 1. The molecule has 124 valence electrons. The molecule has 24 heavy (non-hydrogen) atoms. The molecule has 2 aromatic rings. The summed E-state index contributed by atoms with van der Waals surface area (Å²) in [5.74, 6) is 2.60. The zero-order chi connectivity index (χ0) is 16.5. The average Bonchev–Trinajstić information content (AvgIpc) is 3.35. The minimum atomic E-state index is -0.0756. The third-order valence-electron chi connectivity index (χ3n) is 5.18. The van der Waals surface area contributed by atoms with Crippen LogP contribution in [0.15, 0.2) is 42.6 Å². The molecule has 5 heteroatoms. The number of nitrogens with one attached hydrogen (secondary N) is 2. The molecule has 0 aliphatic heterocycles. The SMILES string of the molecule is COc1cccc(-c2[nH]ncc2C(=O)NC[C@@H]2C[C@@H]3C=C[C@H]2C3)c1. The Kier molecular flexibility index (Phi) is 3.84. The van der Waals surface area contributed by atoms with Gasteiger partial charge >= 0.3 is 0 Å². The Labute approximate surface area is 141 Å². The molecule has 3 atom stereocenters. The van der Waals surface area contributed by atoms with E-state index in [1.54, 1.807) is 13.3 Å². The summed E-state index contributed by atoms with van der Waals surface area (Å²) in [4.78, 5) is 12.6. The van der Waals surface area contributed by atoms with Gasteiger partial charge in [-0.25, -0.2) is 0 Å². The predicted octanol–water partition coefficient (Wildman–Crippen LogP) is 3.03. The van der Waals surface area contributed by atoms with Crippen LogP contribution in [0.25, 0.3) is 11.3 Å². The third kappa shape index (κ3) is 2.70. The highest BCUT2D eigenvalue weighted by Crippen LogP contribution is 2.43. The number of H-pyrrole nitrogens is 1. The number of carbonyl (C=O) groups is 1. The maximum atomic E-state index is 12.6. The van der Waals surface area contributed by atoms with Crippen molar-refractivity contribution in [3.8, 4) is 17.0 Å². The molecule has 0 saturated heterocycles. The van der Waals surface area contributed by atoms with Gasteiger partial charge in [-0.2, -0.15) is 5.10 Å². The number of methoxy groups -OCH3 is 1. The van der Waals surface area contributed by atoms with Crippen LogP contribution in [0.3, 0.4) is 0 Å². The lowest BCUT2D eigenvalue weighted by atomic mass is 9.93. The third-order valence-corrected chi connectivity index (χ3v) is 5.18. The van der Waals surface area contributed by atoms with Crippen molar-refractivity contribution in [2.45, 2.75) is 12.8 Å². The molecule has 2 N–H and O–H groups in total. The van der Waals surface area contributed by atoms with Crippen molar-refractivity contribution in [1.29, 1.82) is 0 Å². The highest BCUT2D eigenvalue weighted by atomic mass is 16.5. The number of amides is 1. The summed E-state index contributed by atoms with van der Waals surface area (Å²) in [7, 11) is 1.63. The lowest BCUT2D eigenvalue weighted by Crippen LogP contribution is -2.31. The minimum absolute atomic E-state index is 0.0756. The molecular formula is C19H21N3O2. The largest absolute Gasteiger partial charge is 0.497 e. The molecule has 0 radical (unpaired) electrons. The first-order chi connectivity index (χ1) is 11.7. The van der Waals surface area contributed by atoms with E-state index in [4.69, 9.17) is 4.74 Å². The fourth-order valence-corrected chi connectivity index (χ4v) is 3.91. The molecule has 4 rings (SSSR count). The Hall–Kier alpha value is -2.56. The second kappa shape index (κ2) is 6.15. The zero-order valence-electron chi connectivity index (χ0n) is 13.7. The van der Waals surface area contributed by atoms with Gasteiger partial charge in [-0.1, -0.05) is 24.3 Å². The van der Waals surface area contributed by atoms with E-state index < -0.39 is 0 Å². The number of nitrogens with zero attached hydrogens (tertiary/aromatic N) is 1. The number of aromatic amines is 1. The van der Waals surface area contributed by atoms with E-state index in [1.165, 1.54) is 12.8 Å². The van der Waals surface area contributed by atoms with Crippen molar-refractivity contribution in [2.24, 2.45) is 17.8 Å². The Balaban J connectivity index is 1.47. The molecule has 1 aromatic heterocycles. The molecule has 1 saturated carbocycles. The van der Waals surface area contributed by atoms with Gasteiger partial charge in [0.15, 0.2) is 0 Å². The maximum Gasteiger partial charge on any atom is 0.255 e. The van der Waals surface area contributed by atoms with Crippen molar-refractivity contribution >= 4 is 5.91 Å². The first-order valence-corrected chi connectivity index (χ1v) is 8.39. The summed E-state index contributed by atoms with van der Waals surface area (Å²) in [5.41, 5.74) is 2.18. The summed E-state index contributed by atoms with van der Waals surface area (Å²) in [6.45, 7) is 0.729. The topological polar surface area (TPSA) is 67.0 Å². The van der Waals surface area contributed by atoms with Crippen LogP contribution in [0.1, 0.15) is 23.2 Å². The van der Waals surface area contributed by atoms with Crippen LogP contribution in [0, 0.1) is 17.8 Å². The Morgan fingerprint density at radius 2 is 2.29 bits per heavy atom. The molecule has 2 aliphatic rings. The van der Waals surface area contributed by atoms with Gasteiger partial charge in [0.25, 0.3) is 5.91 Å². The van der Waals surface area contributed by atoms with Crippen LogP contribution < -0.4 is 10.1 Å². The fourth-order valence-electron chi connectivity index (χ4n) is 3.91. The highest BCUT2D eigenvalue weighted by molar-refractivity contribution is 5.99. The van der Waals surface area contributed by atoms with Crippen LogP contribution in [0.4, 0.5) is 0 Å². The van der Waals surface area contributed by atoms with Gasteiger partial charge in [0.2, 0.25) is 0 Å². The van der Waals surface area contributed by atoms with Crippen molar-refractivity contribution in [3.63, 3.8) is 0 Å². The lowest BCUT2D eigenvalue weighted by molar-refractivity contribution is 0.0946. The van der Waals surface area contributed by atoms with Crippen molar-refractivity contribution in [2.75, 3.05) is 13.7 Å². The van der Waals surface area contributed by atoms with Crippen molar-refractivity contribution in [1.82, 2.24) is 15.5 Å². The van der Waals surface area contributed by atoms with E-state index in [1.807, 2.05) is 24.3 Å². The van der Waals surface area contributed by atoms with E-state index >= 15 is 0 Å². The first kappa shape index (κ1) is 15.0. The Morgan fingerprint density at radius 3 is 3.04 bits per heavy atom. The molecule has 1 fully saturated rings. The zero-order valence-corrected chi connectivity index (χ0v) is 13.7. The molecule has 1 aromatic carbocycles. The van der Waals surface area contributed by atoms with Crippen LogP contribution in [0.5, 0.6) is 5.75 Å². The van der Waals surface area contributed by atoms with Crippen LogP contribution in [-0.2, 0) is 0 Å². The van der Waals surface area contributed by atoms with E-state index in [9.17, 15) is 4.79 Å². The molecule has 5 nitrogen and oxygen atoms in total. The van der Waals surface area contributed by atoms with Crippen LogP contribution >= 0.6 is 0 Å². The molecule has 2 aliphatic carbocycles. The van der Waals surface area contributed by atoms with Gasteiger partial charge in [0, 0.05) is 12.1 Å². The maximum absolute atomic E-state index is 12.6. The number of hydrogen-bond donors (Lipinski definition) is 2. The minimum Gasteiger partial charge on any atom is -0.497 e. The molecule has 2 bridgehead atoms. The number of aromatic nitrogens is 2. The first-order valence-electron chi connectivity index (χ1n) is 8.39. The van der Waals surface area contributed by atoms with E-state index in [2.05, 4.69) is 27.7 Å². The molecule has 0 spiro atoms. The van der Waals surface area contributed by atoms with Gasteiger partial charge in [-0.05, 0) is 42.7 Å². The van der Waals surface area contributed by atoms with E-state index in [0.717, 1.165) is 29.5 Å². The number of hydrogen-bond acceptors (Lipinski definition) is 3. The van der Waals surface area contributed by atoms with E-state index in [-0.39, 0.29) is 5.91 Å². The average molecular weight is 323 g/mol. The second-order valence-corrected chi connectivity index (χ2v) is 6.64. The molecule has 1 heterocycles. The highest BCUT2D eigenvalue weighted by Gasteiger charge is 2.35. The number of rotatable bonds is 5. The number of carbonyl (C=O) groups excluding carboxylic acids is 1. The van der Waals surface area contributed by atoms with Gasteiger partial charge in [0.05, 0.1) is 24.6 Å². The predicted molar refractivity (Wildman–Crippen MR) is 91.8 cm³/mol. The second-order valence-electron chi connectivity index (χ2n) is 6.64. The lowest BCUT2D eigenvalue weighted by Gasteiger charge is -2.18. The molecule has 1 amide bonds. The normalized spacial score (nSPS) is 24.3. The van der Waals surface area contributed by atoms with Gasteiger partial charge < -0.3 is 10.1 Å². The molecular weight excluding hydrogens is 302 g/mol. The summed E-state index contributed by atoms with van der Waals surface area (Å²) in [6, 6.07) is 7.61. The quantitative estimate of drug-likeness (QED) is 0.831. The summed E-state index contributed by atoms with van der Waals surface area (Å²) in [6.07, 6.45) is 8.66. The smallest absolute Gasteiger partial charge is 0.255 e. The van der Waals surface area contributed by atoms with Gasteiger partial charge in [-0.15, -0.1) is 0 Å². The van der Waals surface area contributed by atoms with Gasteiger partial charge in [0.1, 0.15) is 5.75 Å². The Bertz CT molecular complexity index is 780. The fraction of sp³-hybridized carbons (Fsp3) is 0.368. The number of benzene rings is 1. The summed E-state index contributed by atoms with van der Waals surface area (Å²) in [5, 5.41) is 10.1. The molecule has 0 unspecified atom stereocenters. The monoisotopic (exact) mass is 323 g/mol. The standard InChI is InChI=1S/C19H21N3O2/c1-24-16-4-2-3-14(9-16)18-17(11-21-22-18)19(23)20-10-15-8-12-5-6-13(15)7-12/h2-6,9,11-13,15H,7-8,10H2,1H3,(H,20,23)(H,21,22)/t12-,13+,15+/m1/s1.